The number of rotatable bonds is 5. The number of fused-ring (bicyclic) bond motifs is 1. The first-order valence-corrected chi connectivity index (χ1v) is 10.4. The third kappa shape index (κ3) is 4.62. The molecule has 1 unspecified atom stereocenters. The normalized spacial score (nSPS) is 16.1. The predicted molar refractivity (Wildman–Crippen MR) is 118 cm³/mol. The zero-order chi connectivity index (χ0) is 20.2. The van der Waals surface area contributed by atoms with Crippen molar-refractivity contribution in [1.29, 1.82) is 0 Å². The second-order valence-electron chi connectivity index (χ2n) is 7.27. The summed E-state index contributed by atoms with van der Waals surface area (Å²) >= 11 is 6.06. The zero-order valence-corrected chi connectivity index (χ0v) is 17.5. The van der Waals surface area contributed by atoms with Crippen molar-refractivity contribution >= 4 is 23.1 Å². The molecule has 4 rings (SSSR count). The average molecular weight is 409 g/mol. The van der Waals surface area contributed by atoms with Crippen LogP contribution in [0.1, 0.15) is 37.2 Å². The number of aryl methyl sites for hydroxylation is 1. The molecular weight excluding hydrogens is 384 g/mol. The standard InChI is InChI=1S/C23H25ClN4O/c1-3-22-25-15-20-21(11-6-12-28(2)23(20)27-22)26-17-8-5-10-19(14-17)29-18-9-4-7-16(24)13-18/h4-5,7-10,13-15,21,26H,3,6,11-12H2,1-2H3. The lowest BCUT2D eigenvalue weighted by Crippen LogP contribution is -2.20. The maximum atomic E-state index is 6.06. The Morgan fingerprint density at radius 3 is 2.76 bits per heavy atom. The molecule has 6 heteroatoms. The number of benzene rings is 2. The van der Waals surface area contributed by atoms with E-state index in [0.717, 1.165) is 60.2 Å². The predicted octanol–water partition coefficient (Wildman–Crippen LogP) is 5.87. The van der Waals surface area contributed by atoms with Crippen molar-refractivity contribution in [3.63, 3.8) is 0 Å². The van der Waals surface area contributed by atoms with Gasteiger partial charge in [0.05, 0.1) is 6.04 Å². The van der Waals surface area contributed by atoms with Crippen molar-refractivity contribution < 1.29 is 4.74 Å². The Bertz CT molecular complexity index is 994. The largest absolute Gasteiger partial charge is 0.457 e. The van der Waals surface area contributed by atoms with Crippen LogP contribution in [0.5, 0.6) is 11.5 Å². The Kier molecular flexibility index (Phi) is 5.86. The minimum absolute atomic E-state index is 0.155. The van der Waals surface area contributed by atoms with E-state index in [2.05, 4.69) is 35.2 Å². The van der Waals surface area contributed by atoms with Crippen molar-refractivity contribution in [1.82, 2.24) is 9.97 Å². The van der Waals surface area contributed by atoms with Crippen LogP contribution in [0.3, 0.4) is 0 Å². The molecule has 0 saturated carbocycles. The van der Waals surface area contributed by atoms with E-state index in [1.165, 1.54) is 0 Å². The molecule has 5 nitrogen and oxygen atoms in total. The number of ether oxygens (including phenoxy) is 1. The monoisotopic (exact) mass is 408 g/mol. The Hall–Kier alpha value is -2.79. The van der Waals surface area contributed by atoms with Gasteiger partial charge in [-0.25, -0.2) is 9.97 Å². The van der Waals surface area contributed by atoms with Gasteiger partial charge in [-0.15, -0.1) is 0 Å². The molecule has 1 aliphatic rings. The summed E-state index contributed by atoms with van der Waals surface area (Å²) in [6.45, 7) is 3.07. The topological polar surface area (TPSA) is 50.3 Å². The number of aromatic nitrogens is 2. The summed E-state index contributed by atoms with van der Waals surface area (Å²) in [6, 6.07) is 15.6. The lowest BCUT2D eigenvalue weighted by atomic mass is 10.0. The molecule has 1 N–H and O–H groups in total. The van der Waals surface area contributed by atoms with Gasteiger partial charge in [0.15, 0.2) is 0 Å². The summed E-state index contributed by atoms with van der Waals surface area (Å²) in [5.74, 6) is 3.39. The van der Waals surface area contributed by atoms with Gasteiger partial charge in [-0.05, 0) is 43.2 Å². The second-order valence-corrected chi connectivity index (χ2v) is 7.70. The molecule has 3 aromatic rings. The van der Waals surface area contributed by atoms with Gasteiger partial charge in [0, 0.05) is 48.5 Å². The SMILES string of the molecule is CCc1ncc2c(n1)N(C)CCCC2Nc1cccc(Oc2cccc(Cl)c2)c1. The maximum absolute atomic E-state index is 6.06. The second kappa shape index (κ2) is 8.70. The van der Waals surface area contributed by atoms with E-state index in [1.807, 2.05) is 48.7 Å². The fourth-order valence-electron chi connectivity index (χ4n) is 3.60. The van der Waals surface area contributed by atoms with E-state index >= 15 is 0 Å². The molecule has 150 valence electrons. The summed E-state index contributed by atoms with van der Waals surface area (Å²) < 4.78 is 5.97. The van der Waals surface area contributed by atoms with Crippen LogP contribution in [0, 0.1) is 0 Å². The molecule has 0 spiro atoms. The van der Waals surface area contributed by atoms with Gasteiger partial charge in [0.25, 0.3) is 0 Å². The van der Waals surface area contributed by atoms with Crippen LogP contribution in [0.15, 0.2) is 54.7 Å². The van der Waals surface area contributed by atoms with Crippen molar-refractivity contribution in [2.24, 2.45) is 0 Å². The number of nitrogens with one attached hydrogen (secondary N) is 1. The third-order valence-electron chi connectivity index (χ3n) is 5.09. The van der Waals surface area contributed by atoms with E-state index in [9.17, 15) is 0 Å². The van der Waals surface area contributed by atoms with Crippen LogP contribution >= 0.6 is 11.6 Å². The van der Waals surface area contributed by atoms with Gasteiger partial charge in [-0.1, -0.05) is 30.7 Å². The summed E-state index contributed by atoms with van der Waals surface area (Å²) in [6.07, 6.45) is 4.92. The molecule has 1 aliphatic heterocycles. The average Bonchev–Trinajstić information content (AvgIpc) is 2.87. The van der Waals surface area contributed by atoms with Gasteiger partial charge in [0.1, 0.15) is 23.1 Å². The van der Waals surface area contributed by atoms with Crippen molar-refractivity contribution in [3.8, 4) is 11.5 Å². The Labute approximate surface area is 176 Å². The van der Waals surface area contributed by atoms with Crippen LogP contribution < -0.4 is 15.0 Å². The minimum Gasteiger partial charge on any atom is -0.457 e. The van der Waals surface area contributed by atoms with Crippen LogP contribution in [-0.2, 0) is 6.42 Å². The molecular formula is C23H25ClN4O. The van der Waals surface area contributed by atoms with Crippen LogP contribution in [-0.4, -0.2) is 23.6 Å². The molecule has 29 heavy (non-hydrogen) atoms. The molecule has 0 saturated heterocycles. The molecule has 0 fully saturated rings. The van der Waals surface area contributed by atoms with E-state index < -0.39 is 0 Å². The van der Waals surface area contributed by atoms with E-state index in [-0.39, 0.29) is 6.04 Å². The summed E-state index contributed by atoms with van der Waals surface area (Å²) in [5, 5.41) is 4.31. The summed E-state index contributed by atoms with van der Waals surface area (Å²) in [5.41, 5.74) is 2.15. The lowest BCUT2D eigenvalue weighted by Gasteiger charge is -2.22. The van der Waals surface area contributed by atoms with Gasteiger partial charge >= 0.3 is 0 Å². The molecule has 2 heterocycles. The van der Waals surface area contributed by atoms with Crippen molar-refractivity contribution in [3.05, 3.63) is 71.1 Å². The van der Waals surface area contributed by atoms with Gasteiger partial charge in [-0.3, -0.25) is 0 Å². The Morgan fingerprint density at radius 1 is 1.17 bits per heavy atom. The van der Waals surface area contributed by atoms with Crippen LogP contribution in [0.4, 0.5) is 11.5 Å². The fourth-order valence-corrected chi connectivity index (χ4v) is 3.78. The molecule has 1 atom stereocenters. The fraction of sp³-hybridized carbons (Fsp3) is 0.304. The number of halogens is 1. The Balaban J connectivity index is 1.57. The Morgan fingerprint density at radius 2 is 1.97 bits per heavy atom. The van der Waals surface area contributed by atoms with Crippen LogP contribution in [0.25, 0.3) is 0 Å². The third-order valence-corrected chi connectivity index (χ3v) is 5.33. The molecule has 0 bridgehead atoms. The van der Waals surface area contributed by atoms with Crippen LogP contribution in [0.2, 0.25) is 5.02 Å². The summed E-state index contributed by atoms with van der Waals surface area (Å²) in [7, 11) is 2.10. The highest BCUT2D eigenvalue weighted by Gasteiger charge is 2.23. The van der Waals surface area contributed by atoms with Gasteiger partial charge in [-0.2, -0.15) is 0 Å². The number of hydrogen-bond donors (Lipinski definition) is 1. The molecule has 0 amide bonds. The molecule has 1 aromatic heterocycles. The van der Waals surface area contributed by atoms with Crippen molar-refractivity contribution in [2.75, 3.05) is 23.8 Å². The number of hydrogen-bond acceptors (Lipinski definition) is 5. The highest BCUT2D eigenvalue weighted by molar-refractivity contribution is 6.30. The first-order chi connectivity index (χ1) is 14.1. The smallest absolute Gasteiger partial charge is 0.137 e. The molecule has 0 radical (unpaired) electrons. The highest BCUT2D eigenvalue weighted by atomic mass is 35.5. The zero-order valence-electron chi connectivity index (χ0n) is 16.7. The molecule has 0 aliphatic carbocycles. The highest BCUT2D eigenvalue weighted by Crippen LogP contribution is 2.34. The number of nitrogens with zero attached hydrogens (tertiary/aromatic N) is 3. The lowest BCUT2D eigenvalue weighted by molar-refractivity contribution is 0.483. The van der Waals surface area contributed by atoms with E-state index in [0.29, 0.717) is 5.02 Å². The van der Waals surface area contributed by atoms with E-state index in [1.54, 1.807) is 0 Å². The molecule has 2 aromatic carbocycles. The quantitative estimate of drug-likeness (QED) is 0.572. The first kappa shape index (κ1) is 19.5. The van der Waals surface area contributed by atoms with Crippen molar-refractivity contribution in [2.45, 2.75) is 32.2 Å². The maximum Gasteiger partial charge on any atom is 0.137 e. The van der Waals surface area contributed by atoms with E-state index in [4.69, 9.17) is 21.3 Å². The summed E-state index contributed by atoms with van der Waals surface area (Å²) in [4.78, 5) is 11.6. The first-order valence-electron chi connectivity index (χ1n) is 9.99. The minimum atomic E-state index is 0.155. The van der Waals surface area contributed by atoms with Gasteiger partial charge < -0.3 is 15.0 Å². The number of anilines is 2. The van der Waals surface area contributed by atoms with Gasteiger partial charge in [0.2, 0.25) is 0 Å².